The number of rotatable bonds is 5. The van der Waals surface area contributed by atoms with Gasteiger partial charge in [-0.15, -0.1) is 0 Å². The van der Waals surface area contributed by atoms with Gasteiger partial charge in [-0.3, -0.25) is 4.79 Å². The molecule has 0 radical (unpaired) electrons. The number of hydrogen-bond donors (Lipinski definition) is 0. The second kappa shape index (κ2) is 5.96. The standard InChI is InChI=1S/C9H16O2/c1-4-6-8(3)11-9(10)7-5-2/h3-7H2,1-2H3. The molecule has 0 saturated heterocycles. The summed E-state index contributed by atoms with van der Waals surface area (Å²) in [4.78, 5) is 10.8. The summed E-state index contributed by atoms with van der Waals surface area (Å²) in [6.45, 7) is 7.60. The first kappa shape index (κ1) is 10.2. The summed E-state index contributed by atoms with van der Waals surface area (Å²) in [5, 5.41) is 0. The largest absolute Gasteiger partial charge is 0.432 e. The highest BCUT2D eigenvalue weighted by Crippen LogP contribution is 2.05. The Hall–Kier alpha value is -0.790. The fraction of sp³-hybridized carbons (Fsp3) is 0.667. The Labute approximate surface area is 68.2 Å². The monoisotopic (exact) mass is 156 g/mol. The van der Waals surface area contributed by atoms with Gasteiger partial charge in [-0.1, -0.05) is 20.4 Å². The smallest absolute Gasteiger partial charge is 0.310 e. The van der Waals surface area contributed by atoms with E-state index in [1.165, 1.54) is 0 Å². The highest BCUT2D eigenvalue weighted by Gasteiger charge is 2.02. The summed E-state index contributed by atoms with van der Waals surface area (Å²) in [7, 11) is 0. The van der Waals surface area contributed by atoms with Gasteiger partial charge >= 0.3 is 5.97 Å². The van der Waals surface area contributed by atoms with Crippen LogP contribution in [0.25, 0.3) is 0 Å². The quantitative estimate of drug-likeness (QED) is 0.452. The Bertz CT molecular complexity index is 122. The van der Waals surface area contributed by atoms with E-state index in [-0.39, 0.29) is 5.97 Å². The molecular formula is C9H16O2. The molecule has 0 aromatic heterocycles. The molecule has 0 aliphatic heterocycles. The molecule has 0 aliphatic carbocycles. The third-order valence-corrected chi connectivity index (χ3v) is 1.24. The molecule has 0 spiro atoms. The van der Waals surface area contributed by atoms with Crippen molar-refractivity contribution in [3.8, 4) is 0 Å². The van der Waals surface area contributed by atoms with Crippen LogP contribution in [-0.2, 0) is 9.53 Å². The van der Waals surface area contributed by atoms with Gasteiger partial charge in [0.2, 0.25) is 0 Å². The summed E-state index contributed by atoms with van der Waals surface area (Å²) in [5.41, 5.74) is 0. The van der Waals surface area contributed by atoms with Gasteiger partial charge in [-0.05, 0) is 12.8 Å². The van der Waals surface area contributed by atoms with Crippen LogP contribution in [0.3, 0.4) is 0 Å². The van der Waals surface area contributed by atoms with Crippen LogP contribution in [0.2, 0.25) is 0 Å². The van der Waals surface area contributed by atoms with E-state index < -0.39 is 0 Å². The van der Waals surface area contributed by atoms with Crippen molar-refractivity contribution in [2.45, 2.75) is 39.5 Å². The third-order valence-electron chi connectivity index (χ3n) is 1.24. The molecule has 0 fully saturated rings. The van der Waals surface area contributed by atoms with Crippen LogP contribution in [0.1, 0.15) is 39.5 Å². The molecule has 0 heterocycles. The fourth-order valence-electron chi connectivity index (χ4n) is 0.746. The molecule has 0 aromatic carbocycles. The molecule has 0 saturated carbocycles. The number of carbonyl (C=O) groups excluding carboxylic acids is 1. The lowest BCUT2D eigenvalue weighted by Gasteiger charge is -2.04. The highest BCUT2D eigenvalue weighted by molar-refractivity contribution is 5.70. The molecule has 11 heavy (non-hydrogen) atoms. The Morgan fingerprint density at radius 2 is 1.82 bits per heavy atom. The van der Waals surface area contributed by atoms with Gasteiger partial charge in [0.05, 0.1) is 0 Å². The molecule has 0 bridgehead atoms. The zero-order chi connectivity index (χ0) is 8.69. The molecule has 0 N–H and O–H groups in total. The first-order chi connectivity index (χ1) is 5.20. The molecule has 64 valence electrons. The van der Waals surface area contributed by atoms with Gasteiger partial charge in [0, 0.05) is 12.8 Å². The zero-order valence-electron chi connectivity index (χ0n) is 7.35. The predicted molar refractivity (Wildman–Crippen MR) is 45.0 cm³/mol. The number of ether oxygens (including phenoxy) is 1. The van der Waals surface area contributed by atoms with E-state index in [0.29, 0.717) is 12.2 Å². The summed E-state index contributed by atoms with van der Waals surface area (Å²) < 4.78 is 4.90. The van der Waals surface area contributed by atoms with Crippen LogP contribution in [-0.4, -0.2) is 5.97 Å². The average Bonchev–Trinajstić information content (AvgIpc) is 1.87. The van der Waals surface area contributed by atoms with E-state index in [1.54, 1.807) is 0 Å². The van der Waals surface area contributed by atoms with Gasteiger partial charge in [-0.25, -0.2) is 0 Å². The highest BCUT2D eigenvalue weighted by atomic mass is 16.5. The Morgan fingerprint density at radius 1 is 1.27 bits per heavy atom. The van der Waals surface area contributed by atoms with E-state index in [1.807, 2.05) is 13.8 Å². The van der Waals surface area contributed by atoms with Crippen molar-refractivity contribution in [3.05, 3.63) is 12.3 Å². The maximum Gasteiger partial charge on any atom is 0.310 e. The normalized spacial score (nSPS) is 9.27. The summed E-state index contributed by atoms with van der Waals surface area (Å²) in [6.07, 6.45) is 3.06. The SMILES string of the molecule is C=C(CCC)OC(=O)CCC. The van der Waals surface area contributed by atoms with Crippen LogP contribution in [0.4, 0.5) is 0 Å². The molecule has 0 atom stereocenters. The molecule has 0 aromatic rings. The number of hydrogen-bond acceptors (Lipinski definition) is 2. The average molecular weight is 156 g/mol. The van der Waals surface area contributed by atoms with E-state index >= 15 is 0 Å². The lowest BCUT2D eigenvalue weighted by Crippen LogP contribution is -2.02. The van der Waals surface area contributed by atoms with Gasteiger partial charge < -0.3 is 4.74 Å². The lowest BCUT2D eigenvalue weighted by molar-refractivity contribution is -0.139. The van der Waals surface area contributed by atoms with Crippen molar-refractivity contribution in [1.29, 1.82) is 0 Å². The third kappa shape index (κ3) is 5.64. The maximum absolute atomic E-state index is 10.8. The number of allylic oxidation sites excluding steroid dienone is 1. The fourth-order valence-corrected chi connectivity index (χ4v) is 0.746. The number of esters is 1. The lowest BCUT2D eigenvalue weighted by atomic mass is 10.3. The summed E-state index contributed by atoms with van der Waals surface area (Å²) in [6, 6.07) is 0. The maximum atomic E-state index is 10.8. The van der Waals surface area contributed by atoms with Crippen molar-refractivity contribution < 1.29 is 9.53 Å². The van der Waals surface area contributed by atoms with E-state index in [0.717, 1.165) is 19.3 Å². The molecular weight excluding hydrogens is 140 g/mol. The minimum absolute atomic E-state index is 0.161. The molecule has 0 rings (SSSR count). The van der Waals surface area contributed by atoms with Gasteiger partial charge in [0.1, 0.15) is 5.76 Å². The van der Waals surface area contributed by atoms with E-state index in [9.17, 15) is 4.79 Å². The number of carbonyl (C=O) groups is 1. The second-order valence-electron chi connectivity index (χ2n) is 2.51. The molecule has 2 heteroatoms. The van der Waals surface area contributed by atoms with Crippen molar-refractivity contribution in [1.82, 2.24) is 0 Å². The van der Waals surface area contributed by atoms with Gasteiger partial charge in [0.25, 0.3) is 0 Å². The van der Waals surface area contributed by atoms with Gasteiger partial charge in [0.15, 0.2) is 0 Å². The van der Waals surface area contributed by atoms with Crippen molar-refractivity contribution in [2.75, 3.05) is 0 Å². The van der Waals surface area contributed by atoms with Crippen LogP contribution in [0, 0.1) is 0 Å². The second-order valence-corrected chi connectivity index (χ2v) is 2.51. The summed E-state index contributed by atoms with van der Waals surface area (Å²) in [5.74, 6) is 0.428. The van der Waals surface area contributed by atoms with Gasteiger partial charge in [-0.2, -0.15) is 0 Å². The Kier molecular flexibility index (Phi) is 5.53. The van der Waals surface area contributed by atoms with E-state index in [2.05, 4.69) is 6.58 Å². The molecule has 0 aliphatic rings. The van der Waals surface area contributed by atoms with Crippen LogP contribution in [0.15, 0.2) is 12.3 Å². The van der Waals surface area contributed by atoms with Crippen molar-refractivity contribution in [3.63, 3.8) is 0 Å². The topological polar surface area (TPSA) is 26.3 Å². The van der Waals surface area contributed by atoms with Crippen molar-refractivity contribution >= 4 is 5.97 Å². The molecule has 2 nitrogen and oxygen atoms in total. The Balaban J connectivity index is 3.49. The summed E-state index contributed by atoms with van der Waals surface area (Å²) >= 11 is 0. The Morgan fingerprint density at radius 3 is 2.27 bits per heavy atom. The first-order valence-corrected chi connectivity index (χ1v) is 4.09. The van der Waals surface area contributed by atoms with Crippen LogP contribution in [0.5, 0.6) is 0 Å². The van der Waals surface area contributed by atoms with E-state index in [4.69, 9.17) is 4.74 Å². The van der Waals surface area contributed by atoms with Crippen LogP contribution >= 0.6 is 0 Å². The first-order valence-electron chi connectivity index (χ1n) is 4.09. The van der Waals surface area contributed by atoms with Crippen molar-refractivity contribution in [2.24, 2.45) is 0 Å². The predicted octanol–water partition coefficient (Wildman–Crippen LogP) is 2.64. The zero-order valence-corrected chi connectivity index (χ0v) is 7.35. The minimum Gasteiger partial charge on any atom is -0.432 e. The van der Waals surface area contributed by atoms with Crippen LogP contribution < -0.4 is 0 Å². The minimum atomic E-state index is -0.161. The molecule has 0 unspecified atom stereocenters. The molecule has 0 amide bonds.